The van der Waals surface area contributed by atoms with E-state index in [0.29, 0.717) is 0 Å². The number of rotatable bonds is 5. The van der Waals surface area contributed by atoms with Crippen LogP contribution in [0.3, 0.4) is 0 Å². The van der Waals surface area contributed by atoms with Gasteiger partial charge in [-0.15, -0.1) is 5.10 Å². The third-order valence-corrected chi connectivity index (χ3v) is 2.64. The molecular weight excluding hydrogens is 276 g/mol. The second-order valence-corrected chi connectivity index (χ2v) is 4.31. The summed E-state index contributed by atoms with van der Waals surface area (Å²) >= 11 is 0. The topological polar surface area (TPSA) is 117 Å². The predicted molar refractivity (Wildman–Crippen MR) is 74.8 cm³/mol. The molecule has 2 rings (SSSR count). The molecule has 1 aromatic carbocycles. The summed E-state index contributed by atoms with van der Waals surface area (Å²) in [5, 5.41) is 8.16. The maximum absolute atomic E-state index is 11.8. The first-order chi connectivity index (χ1) is 10.1. The second-order valence-electron chi connectivity index (χ2n) is 4.31. The molecule has 0 aliphatic heterocycles. The van der Waals surface area contributed by atoms with Crippen molar-refractivity contribution in [1.82, 2.24) is 15.2 Å². The van der Waals surface area contributed by atoms with Crippen molar-refractivity contribution >= 4 is 11.8 Å². The Labute approximate surface area is 119 Å². The number of nitrogens with one attached hydrogen (secondary N) is 3. The fourth-order valence-electron chi connectivity index (χ4n) is 1.56. The molecular formula is C13H14N4O4. The number of nitrogens with zero attached hydrogens (tertiary/aromatic N) is 1. The normalized spacial score (nSPS) is 11.7. The molecule has 0 amide bonds. The van der Waals surface area contributed by atoms with Gasteiger partial charge < -0.3 is 10.1 Å². The lowest BCUT2D eigenvalue weighted by molar-refractivity contribution is -0.145. The van der Waals surface area contributed by atoms with Gasteiger partial charge in [-0.2, -0.15) is 0 Å². The van der Waals surface area contributed by atoms with Gasteiger partial charge in [0.15, 0.2) is 0 Å². The van der Waals surface area contributed by atoms with E-state index in [4.69, 9.17) is 4.74 Å². The van der Waals surface area contributed by atoms with Crippen LogP contribution < -0.4 is 16.6 Å². The van der Waals surface area contributed by atoms with Gasteiger partial charge in [0, 0.05) is 0 Å². The van der Waals surface area contributed by atoms with Crippen LogP contribution >= 0.6 is 0 Å². The van der Waals surface area contributed by atoms with Gasteiger partial charge >= 0.3 is 11.7 Å². The Bertz CT molecular complexity index is 723. The van der Waals surface area contributed by atoms with E-state index in [1.165, 1.54) is 6.92 Å². The Balaban J connectivity index is 1.93. The van der Waals surface area contributed by atoms with Crippen LogP contribution in [0.4, 0.5) is 5.82 Å². The van der Waals surface area contributed by atoms with Crippen LogP contribution in [0.5, 0.6) is 0 Å². The summed E-state index contributed by atoms with van der Waals surface area (Å²) in [6.07, 6.45) is 0. The number of ether oxygens (including phenoxy) is 1. The highest BCUT2D eigenvalue weighted by molar-refractivity contribution is 5.78. The minimum atomic E-state index is -0.784. The van der Waals surface area contributed by atoms with Crippen LogP contribution in [0.2, 0.25) is 0 Å². The van der Waals surface area contributed by atoms with Gasteiger partial charge in [-0.3, -0.25) is 9.78 Å². The van der Waals surface area contributed by atoms with E-state index >= 15 is 0 Å². The number of anilines is 1. The summed E-state index contributed by atoms with van der Waals surface area (Å²) in [6, 6.07) is 8.43. The Morgan fingerprint density at radius 2 is 2.05 bits per heavy atom. The molecule has 1 aromatic heterocycles. The van der Waals surface area contributed by atoms with Crippen molar-refractivity contribution in [2.45, 2.75) is 19.6 Å². The van der Waals surface area contributed by atoms with Crippen molar-refractivity contribution in [3.8, 4) is 0 Å². The average Bonchev–Trinajstić information content (AvgIpc) is 2.48. The lowest BCUT2D eigenvalue weighted by Gasteiger charge is -2.12. The number of esters is 1. The van der Waals surface area contributed by atoms with Crippen LogP contribution in [-0.4, -0.2) is 27.2 Å². The van der Waals surface area contributed by atoms with Crippen molar-refractivity contribution in [2.24, 2.45) is 0 Å². The van der Waals surface area contributed by atoms with E-state index in [9.17, 15) is 14.4 Å². The standard InChI is InChI=1S/C13H14N4O4/c1-8(14-10-11(18)15-13(20)17-16-10)12(19)21-7-9-5-3-2-4-6-9/h2-6,8H,7H2,1H3,(H,14,16)(H2,15,17,18,20)/t8-/m1/s1. The van der Waals surface area contributed by atoms with Crippen molar-refractivity contribution in [3.63, 3.8) is 0 Å². The predicted octanol–water partition coefficient (Wildman–Crippen LogP) is 0.00200. The van der Waals surface area contributed by atoms with E-state index < -0.39 is 23.3 Å². The minimum Gasteiger partial charge on any atom is -0.459 e. The number of H-pyrrole nitrogens is 2. The SMILES string of the molecule is C[C@@H](Nc1n[nH]c(=O)[nH]c1=O)C(=O)OCc1ccccc1. The number of aromatic nitrogens is 3. The summed E-state index contributed by atoms with van der Waals surface area (Å²) in [7, 11) is 0. The molecule has 0 spiro atoms. The number of carbonyl (C=O) groups is 1. The maximum atomic E-state index is 11.8. The Hall–Kier alpha value is -2.90. The molecule has 1 atom stereocenters. The summed E-state index contributed by atoms with van der Waals surface area (Å²) in [6.45, 7) is 1.67. The van der Waals surface area contributed by atoms with E-state index in [1.54, 1.807) is 0 Å². The van der Waals surface area contributed by atoms with Crippen molar-refractivity contribution < 1.29 is 9.53 Å². The van der Waals surface area contributed by atoms with Crippen molar-refractivity contribution in [1.29, 1.82) is 0 Å². The molecule has 3 N–H and O–H groups in total. The summed E-state index contributed by atoms with van der Waals surface area (Å²) in [5.74, 6) is -0.690. The Morgan fingerprint density at radius 1 is 1.33 bits per heavy atom. The molecule has 0 saturated carbocycles. The highest BCUT2D eigenvalue weighted by atomic mass is 16.5. The average molecular weight is 290 g/mol. The third kappa shape index (κ3) is 4.03. The molecule has 0 fully saturated rings. The van der Waals surface area contributed by atoms with Crippen LogP contribution in [0.1, 0.15) is 12.5 Å². The van der Waals surface area contributed by atoms with Crippen LogP contribution in [0.15, 0.2) is 39.9 Å². The minimum absolute atomic E-state index is 0.140. The molecule has 21 heavy (non-hydrogen) atoms. The molecule has 0 radical (unpaired) electrons. The molecule has 8 nitrogen and oxygen atoms in total. The molecule has 110 valence electrons. The fraction of sp³-hybridized carbons (Fsp3) is 0.231. The van der Waals surface area contributed by atoms with Crippen LogP contribution in [0, 0.1) is 0 Å². The summed E-state index contributed by atoms with van der Waals surface area (Å²) in [4.78, 5) is 36.1. The van der Waals surface area contributed by atoms with E-state index in [1.807, 2.05) is 35.3 Å². The molecule has 0 saturated heterocycles. The largest absolute Gasteiger partial charge is 0.459 e. The molecule has 8 heteroatoms. The van der Waals surface area contributed by atoms with Gasteiger partial charge in [0.25, 0.3) is 5.56 Å². The van der Waals surface area contributed by atoms with Crippen LogP contribution in [-0.2, 0) is 16.1 Å². The Kier molecular flexibility index (Phi) is 4.50. The molecule has 0 bridgehead atoms. The Morgan fingerprint density at radius 3 is 2.71 bits per heavy atom. The first-order valence-electron chi connectivity index (χ1n) is 6.22. The van der Waals surface area contributed by atoms with Gasteiger partial charge in [0.2, 0.25) is 5.82 Å². The quantitative estimate of drug-likeness (QED) is 0.667. The van der Waals surface area contributed by atoms with E-state index in [2.05, 4.69) is 15.5 Å². The third-order valence-electron chi connectivity index (χ3n) is 2.64. The van der Waals surface area contributed by atoms with Gasteiger partial charge in [-0.1, -0.05) is 30.3 Å². The zero-order valence-corrected chi connectivity index (χ0v) is 11.3. The molecule has 0 aliphatic carbocycles. The number of hydrogen-bond acceptors (Lipinski definition) is 6. The maximum Gasteiger partial charge on any atom is 0.342 e. The van der Waals surface area contributed by atoms with Crippen molar-refractivity contribution in [2.75, 3.05) is 5.32 Å². The second kappa shape index (κ2) is 6.51. The zero-order valence-electron chi connectivity index (χ0n) is 11.3. The summed E-state index contributed by atoms with van der Waals surface area (Å²) < 4.78 is 5.11. The molecule has 2 aromatic rings. The van der Waals surface area contributed by atoms with Gasteiger partial charge in [0.05, 0.1) is 0 Å². The highest BCUT2D eigenvalue weighted by Gasteiger charge is 2.16. The van der Waals surface area contributed by atoms with Crippen molar-refractivity contribution in [3.05, 3.63) is 56.7 Å². The van der Waals surface area contributed by atoms with Gasteiger partial charge in [-0.05, 0) is 12.5 Å². The smallest absolute Gasteiger partial charge is 0.342 e. The molecule has 0 unspecified atom stereocenters. The number of benzene rings is 1. The highest BCUT2D eigenvalue weighted by Crippen LogP contribution is 2.03. The van der Waals surface area contributed by atoms with Gasteiger partial charge in [-0.25, -0.2) is 14.7 Å². The lowest BCUT2D eigenvalue weighted by Crippen LogP contribution is -2.34. The zero-order chi connectivity index (χ0) is 15.2. The first-order valence-corrected chi connectivity index (χ1v) is 6.22. The van der Waals surface area contributed by atoms with E-state index in [-0.39, 0.29) is 12.4 Å². The van der Waals surface area contributed by atoms with E-state index in [0.717, 1.165) is 5.56 Å². The lowest BCUT2D eigenvalue weighted by atomic mass is 10.2. The van der Waals surface area contributed by atoms with Gasteiger partial charge in [0.1, 0.15) is 12.6 Å². The molecule has 1 heterocycles. The number of aromatic amines is 2. The number of hydrogen-bond donors (Lipinski definition) is 3. The number of carbonyl (C=O) groups excluding carboxylic acids is 1. The monoisotopic (exact) mass is 290 g/mol. The van der Waals surface area contributed by atoms with Crippen LogP contribution in [0.25, 0.3) is 0 Å². The molecule has 0 aliphatic rings. The summed E-state index contributed by atoms with van der Waals surface area (Å²) in [5.41, 5.74) is -0.565. The fourth-order valence-corrected chi connectivity index (χ4v) is 1.56. The first kappa shape index (κ1) is 14.5.